The molecule has 0 aliphatic carbocycles. The molecule has 0 unspecified atom stereocenters. The summed E-state index contributed by atoms with van der Waals surface area (Å²) in [6.07, 6.45) is 9.23. The number of fused-ring (bicyclic) bond motifs is 3. The molecule has 0 radical (unpaired) electrons. The molecular formula is C34H22N4. The highest BCUT2D eigenvalue weighted by Gasteiger charge is 2.10. The second-order valence-corrected chi connectivity index (χ2v) is 9.27. The molecule has 4 nitrogen and oxygen atoms in total. The molecule has 0 aliphatic heterocycles. The first-order valence-corrected chi connectivity index (χ1v) is 12.5. The summed E-state index contributed by atoms with van der Waals surface area (Å²) >= 11 is 0. The Hall–Kier alpha value is -5.22. The maximum absolute atomic E-state index is 5.01. The Balaban J connectivity index is 1.30. The topological polar surface area (TPSA) is 51.6 Å². The molecule has 3 aromatic carbocycles. The van der Waals surface area contributed by atoms with E-state index in [0.29, 0.717) is 0 Å². The number of nitrogens with zero attached hydrogens (tertiary/aromatic N) is 4. The van der Waals surface area contributed by atoms with Crippen molar-refractivity contribution < 1.29 is 0 Å². The molecule has 0 saturated heterocycles. The minimum atomic E-state index is 0.926. The quantitative estimate of drug-likeness (QED) is 0.235. The standard InChI is InChI=1S/C34H22N4/c1-5-27(21-35-15-1)30-18-29(19-31(20-30)28-6-2-16-36-22-28)23-7-9-24(10-8-23)32-14-13-26-12-11-25-4-3-17-37-33(25)34(26)38-32/h1-22H. The number of benzene rings is 3. The van der Waals surface area contributed by atoms with Crippen molar-refractivity contribution in [1.29, 1.82) is 0 Å². The Labute approximate surface area is 220 Å². The molecule has 4 heteroatoms. The number of rotatable bonds is 4. The van der Waals surface area contributed by atoms with Crippen molar-refractivity contribution in [3.8, 4) is 44.6 Å². The third kappa shape index (κ3) is 4.08. The third-order valence-corrected chi connectivity index (χ3v) is 6.87. The summed E-state index contributed by atoms with van der Waals surface area (Å²) in [4.78, 5) is 18.3. The molecule has 0 spiro atoms. The number of hydrogen-bond donors (Lipinski definition) is 0. The van der Waals surface area contributed by atoms with E-state index in [1.807, 2.05) is 36.8 Å². The van der Waals surface area contributed by atoms with E-state index in [1.165, 1.54) is 0 Å². The first-order chi connectivity index (χ1) is 18.8. The van der Waals surface area contributed by atoms with Gasteiger partial charge in [-0.1, -0.05) is 60.7 Å². The van der Waals surface area contributed by atoms with Gasteiger partial charge < -0.3 is 0 Å². The molecule has 0 bridgehead atoms. The maximum atomic E-state index is 5.01. The molecule has 4 heterocycles. The molecule has 178 valence electrons. The largest absolute Gasteiger partial charge is 0.264 e. The van der Waals surface area contributed by atoms with Crippen LogP contribution in [0.2, 0.25) is 0 Å². The van der Waals surface area contributed by atoms with Gasteiger partial charge in [0.1, 0.15) is 0 Å². The summed E-state index contributed by atoms with van der Waals surface area (Å²) in [5, 5.41) is 2.18. The van der Waals surface area contributed by atoms with Gasteiger partial charge in [0.15, 0.2) is 0 Å². The predicted octanol–water partition coefficient (Wildman–Crippen LogP) is 8.24. The maximum Gasteiger partial charge on any atom is 0.0972 e. The van der Waals surface area contributed by atoms with Crippen LogP contribution in [-0.2, 0) is 0 Å². The third-order valence-electron chi connectivity index (χ3n) is 6.87. The lowest BCUT2D eigenvalue weighted by Gasteiger charge is -2.12. The van der Waals surface area contributed by atoms with Crippen molar-refractivity contribution in [1.82, 2.24) is 19.9 Å². The van der Waals surface area contributed by atoms with Crippen molar-refractivity contribution in [3.63, 3.8) is 0 Å². The zero-order chi connectivity index (χ0) is 25.3. The van der Waals surface area contributed by atoms with Gasteiger partial charge in [0, 0.05) is 58.4 Å². The van der Waals surface area contributed by atoms with E-state index in [-0.39, 0.29) is 0 Å². The molecule has 0 fully saturated rings. The zero-order valence-corrected chi connectivity index (χ0v) is 20.5. The van der Waals surface area contributed by atoms with Crippen LogP contribution in [0.1, 0.15) is 0 Å². The highest BCUT2D eigenvalue weighted by atomic mass is 14.7. The predicted molar refractivity (Wildman–Crippen MR) is 154 cm³/mol. The van der Waals surface area contributed by atoms with Gasteiger partial charge in [-0.15, -0.1) is 0 Å². The summed E-state index contributed by atoms with van der Waals surface area (Å²) in [6.45, 7) is 0. The SMILES string of the molecule is c1cncc(-c2cc(-c3ccc(-c4ccc5ccc6cccnc6c5n4)cc3)cc(-c3cccnc3)c2)c1. The second-order valence-electron chi connectivity index (χ2n) is 9.27. The van der Waals surface area contributed by atoms with Crippen molar-refractivity contribution in [2.24, 2.45) is 0 Å². The summed E-state index contributed by atoms with van der Waals surface area (Å²) < 4.78 is 0. The van der Waals surface area contributed by atoms with E-state index < -0.39 is 0 Å². The van der Waals surface area contributed by atoms with E-state index >= 15 is 0 Å². The fraction of sp³-hybridized carbons (Fsp3) is 0. The molecule has 0 aliphatic rings. The van der Waals surface area contributed by atoms with Crippen molar-refractivity contribution >= 4 is 21.8 Å². The van der Waals surface area contributed by atoms with Gasteiger partial charge in [-0.2, -0.15) is 0 Å². The number of aromatic nitrogens is 4. The minimum absolute atomic E-state index is 0.926. The monoisotopic (exact) mass is 486 g/mol. The molecule has 0 atom stereocenters. The Morgan fingerprint density at radius 1 is 0.395 bits per heavy atom. The Kier molecular flexibility index (Phi) is 5.41. The molecule has 0 saturated carbocycles. The first-order valence-electron chi connectivity index (χ1n) is 12.5. The van der Waals surface area contributed by atoms with Crippen molar-refractivity contribution in [3.05, 3.63) is 134 Å². The lowest BCUT2D eigenvalue weighted by Crippen LogP contribution is -1.89. The van der Waals surface area contributed by atoms with E-state index in [9.17, 15) is 0 Å². The van der Waals surface area contributed by atoms with Gasteiger partial charge in [0.2, 0.25) is 0 Å². The summed E-state index contributed by atoms with van der Waals surface area (Å²) in [5.74, 6) is 0. The van der Waals surface area contributed by atoms with Crippen LogP contribution in [0, 0.1) is 0 Å². The summed E-state index contributed by atoms with van der Waals surface area (Å²) in [7, 11) is 0. The Bertz CT molecular complexity index is 1840. The van der Waals surface area contributed by atoms with Gasteiger partial charge in [-0.3, -0.25) is 15.0 Å². The van der Waals surface area contributed by atoms with Crippen LogP contribution in [0.15, 0.2) is 134 Å². The highest BCUT2D eigenvalue weighted by molar-refractivity contribution is 6.03. The summed E-state index contributed by atoms with van der Waals surface area (Å²) in [6, 6.07) is 35.8. The fourth-order valence-electron chi connectivity index (χ4n) is 4.91. The zero-order valence-electron chi connectivity index (χ0n) is 20.5. The minimum Gasteiger partial charge on any atom is -0.264 e. The van der Waals surface area contributed by atoms with Crippen LogP contribution >= 0.6 is 0 Å². The highest BCUT2D eigenvalue weighted by Crippen LogP contribution is 2.33. The molecular weight excluding hydrogens is 464 g/mol. The number of pyridine rings is 4. The van der Waals surface area contributed by atoms with Crippen LogP contribution < -0.4 is 0 Å². The normalized spacial score (nSPS) is 11.2. The lowest BCUT2D eigenvalue weighted by molar-refractivity contribution is 1.32. The van der Waals surface area contributed by atoms with E-state index in [2.05, 4.69) is 99.9 Å². The van der Waals surface area contributed by atoms with E-state index in [0.717, 1.165) is 66.4 Å². The van der Waals surface area contributed by atoms with Crippen LogP contribution in [-0.4, -0.2) is 19.9 Å². The Morgan fingerprint density at radius 2 is 0.947 bits per heavy atom. The van der Waals surface area contributed by atoms with E-state index in [1.54, 1.807) is 12.4 Å². The molecule has 0 N–H and O–H groups in total. The lowest BCUT2D eigenvalue weighted by atomic mass is 9.94. The molecule has 7 aromatic rings. The molecule has 38 heavy (non-hydrogen) atoms. The van der Waals surface area contributed by atoms with Crippen LogP contribution in [0.3, 0.4) is 0 Å². The Morgan fingerprint density at radius 3 is 1.58 bits per heavy atom. The van der Waals surface area contributed by atoms with Crippen LogP contribution in [0.4, 0.5) is 0 Å². The first kappa shape index (κ1) is 22.0. The average molecular weight is 487 g/mol. The van der Waals surface area contributed by atoms with Crippen molar-refractivity contribution in [2.75, 3.05) is 0 Å². The van der Waals surface area contributed by atoms with Crippen LogP contribution in [0.25, 0.3) is 66.4 Å². The van der Waals surface area contributed by atoms with Gasteiger partial charge in [0.05, 0.1) is 16.7 Å². The number of hydrogen-bond acceptors (Lipinski definition) is 4. The van der Waals surface area contributed by atoms with E-state index in [4.69, 9.17) is 4.98 Å². The molecule has 4 aromatic heterocycles. The smallest absolute Gasteiger partial charge is 0.0972 e. The van der Waals surface area contributed by atoms with Crippen molar-refractivity contribution in [2.45, 2.75) is 0 Å². The summed E-state index contributed by atoms with van der Waals surface area (Å²) in [5.41, 5.74) is 10.5. The van der Waals surface area contributed by atoms with Gasteiger partial charge >= 0.3 is 0 Å². The molecule has 7 rings (SSSR count). The van der Waals surface area contributed by atoms with Gasteiger partial charge in [-0.25, -0.2) is 4.98 Å². The second kappa shape index (κ2) is 9.34. The van der Waals surface area contributed by atoms with Gasteiger partial charge in [-0.05, 0) is 64.7 Å². The van der Waals surface area contributed by atoms with Crippen LogP contribution in [0.5, 0.6) is 0 Å². The average Bonchev–Trinajstić information content (AvgIpc) is 3.01. The molecule has 0 amide bonds. The fourth-order valence-corrected chi connectivity index (χ4v) is 4.91. The van der Waals surface area contributed by atoms with Gasteiger partial charge in [0.25, 0.3) is 0 Å².